The quantitative estimate of drug-likeness (QED) is 0.643. The van der Waals surface area contributed by atoms with Crippen LogP contribution in [0.3, 0.4) is 0 Å². The molecule has 0 unspecified atom stereocenters. The van der Waals surface area contributed by atoms with E-state index in [1.54, 1.807) is 24.3 Å². The van der Waals surface area contributed by atoms with Crippen molar-refractivity contribution in [2.45, 2.75) is 6.92 Å². The fraction of sp³-hybridized carbons (Fsp3) is 0.0833. The zero-order valence-corrected chi connectivity index (χ0v) is 9.41. The maximum absolute atomic E-state index is 12.0. The van der Waals surface area contributed by atoms with Gasteiger partial charge in [-0.25, -0.2) is 0 Å². The van der Waals surface area contributed by atoms with Crippen molar-refractivity contribution in [2.24, 2.45) is 0 Å². The third-order valence-electron chi connectivity index (χ3n) is 2.31. The second-order valence-corrected chi connectivity index (χ2v) is 3.91. The Hall–Kier alpha value is -1.74. The third kappa shape index (κ3) is 1.82. The van der Waals surface area contributed by atoms with Crippen molar-refractivity contribution in [3.63, 3.8) is 0 Å². The number of ketones is 1. The molecule has 82 valence electrons. The number of aryl methyl sites for hydroxylation is 1. The van der Waals surface area contributed by atoms with Crippen LogP contribution >= 0.6 is 11.6 Å². The summed E-state index contributed by atoms with van der Waals surface area (Å²) in [6.45, 7) is 1.81. The Balaban J connectivity index is 2.46. The van der Waals surface area contributed by atoms with Crippen molar-refractivity contribution in [2.75, 3.05) is 5.73 Å². The number of hydrogen-bond donors (Lipinski definition) is 1. The lowest BCUT2D eigenvalue weighted by atomic mass is 10.1. The second-order valence-electron chi connectivity index (χ2n) is 3.50. The Morgan fingerprint density at radius 1 is 1.38 bits per heavy atom. The van der Waals surface area contributed by atoms with Crippen molar-refractivity contribution in [1.29, 1.82) is 0 Å². The molecule has 1 heterocycles. The summed E-state index contributed by atoms with van der Waals surface area (Å²) in [5.74, 6) is 0.0826. The summed E-state index contributed by atoms with van der Waals surface area (Å²) in [6, 6.07) is 6.52. The van der Waals surface area contributed by atoms with E-state index in [2.05, 4.69) is 0 Å². The summed E-state index contributed by atoms with van der Waals surface area (Å²) in [6.07, 6.45) is 1.48. The van der Waals surface area contributed by atoms with E-state index >= 15 is 0 Å². The molecule has 0 aliphatic heterocycles. The molecule has 0 amide bonds. The van der Waals surface area contributed by atoms with Crippen molar-refractivity contribution in [1.82, 2.24) is 0 Å². The molecule has 0 saturated carbocycles. The summed E-state index contributed by atoms with van der Waals surface area (Å²) in [4.78, 5) is 12.0. The van der Waals surface area contributed by atoms with E-state index < -0.39 is 0 Å². The standard InChI is InChI=1S/C12H10ClNO2/c1-7-4-5-16-12(7)11(15)9-3-2-8(14)6-10(9)13/h2-6H,14H2,1H3. The molecule has 0 aliphatic carbocycles. The van der Waals surface area contributed by atoms with Gasteiger partial charge in [-0.3, -0.25) is 4.79 Å². The van der Waals surface area contributed by atoms with Gasteiger partial charge < -0.3 is 10.2 Å². The smallest absolute Gasteiger partial charge is 0.229 e. The molecular weight excluding hydrogens is 226 g/mol. The summed E-state index contributed by atoms with van der Waals surface area (Å²) in [7, 11) is 0. The SMILES string of the molecule is Cc1ccoc1C(=O)c1ccc(N)cc1Cl. The monoisotopic (exact) mass is 235 g/mol. The molecule has 0 bridgehead atoms. The van der Waals surface area contributed by atoms with Crippen LogP contribution in [-0.2, 0) is 0 Å². The van der Waals surface area contributed by atoms with Gasteiger partial charge in [0, 0.05) is 11.3 Å². The van der Waals surface area contributed by atoms with Crippen LogP contribution in [0.5, 0.6) is 0 Å². The Morgan fingerprint density at radius 3 is 2.69 bits per heavy atom. The molecule has 0 fully saturated rings. The molecule has 2 rings (SSSR count). The third-order valence-corrected chi connectivity index (χ3v) is 2.62. The second kappa shape index (κ2) is 4.02. The van der Waals surface area contributed by atoms with Crippen molar-refractivity contribution < 1.29 is 9.21 Å². The van der Waals surface area contributed by atoms with E-state index in [4.69, 9.17) is 21.8 Å². The predicted octanol–water partition coefficient (Wildman–Crippen LogP) is 3.05. The highest BCUT2D eigenvalue weighted by atomic mass is 35.5. The molecule has 0 atom stereocenters. The van der Waals surface area contributed by atoms with Gasteiger partial charge in [-0.05, 0) is 36.8 Å². The van der Waals surface area contributed by atoms with Crippen LogP contribution < -0.4 is 5.73 Å². The van der Waals surface area contributed by atoms with Crippen LogP contribution in [0.15, 0.2) is 34.9 Å². The number of hydrogen-bond acceptors (Lipinski definition) is 3. The van der Waals surface area contributed by atoms with Crippen LogP contribution in [0.25, 0.3) is 0 Å². The molecule has 2 N–H and O–H groups in total. The summed E-state index contributed by atoms with van der Waals surface area (Å²) in [5.41, 5.74) is 7.27. The van der Waals surface area contributed by atoms with Gasteiger partial charge in [-0.2, -0.15) is 0 Å². The highest BCUT2D eigenvalue weighted by molar-refractivity contribution is 6.35. The first kappa shape index (κ1) is 10.8. The number of furan rings is 1. The first-order chi connectivity index (χ1) is 7.59. The van der Waals surface area contributed by atoms with E-state index in [1.165, 1.54) is 6.26 Å². The number of rotatable bonds is 2. The normalized spacial score (nSPS) is 10.4. The maximum Gasteiger partial charge on any atom is 0.229 e. The lowest BCUT2D eigenvalue weighted by Crippen LogP contribution is -2.02. The molecule has 0 saturated heterocycles. The zero-order valence-electron chi connectivity index (χ0n) is 8.66. The molecule has 1 aromatic heterocycles. The number of carbonyl (C=O) groups excluding carboxylic acids is 1. The van der Waals surface area contributed by atoms with Gasteiger partial charge in [-0.15, -0.1) is 0 Å². The minimum absolute atomic E-state index is 0.229. The van der Waals surface area contributed by atoms with Gasteiger partial charge in [0.2, 0.25) is 5.78 Å². The Labute approximate surface area is 97.8 Å². The zero-order chi connectivity index (χ0) is 11.7. The van der Waals surface area contributed by atoms with Gasteiger partial charge in [0.05, 0.1) is 11.3 Å². The van der Waals surface area contributed by atoms with Crippen molar-refractivity contribution in [3.8, 4) is 0 Å². The van der Waals surface area contributed by atoms with Crippen LogP contribution in [-0.4, -0.2) is 5.78 Å². The van der Waals surface area contributed by atoms with Gasteiger partial charge in [0.15, 0.2) is 5.76 Å². The first-order valence-electron chi connectivity index (χ1n) is 4.73. The van der Waals surface area contributed by atoms with Crippen LogP contribution in [0.2, 0.25) is 5.02 Å². The van der Waals surface area contributed by atoms with Gasteiger partial charge in [0.1, 0.15) is 0 Å². The van der Waals surface area contributed by atoms with E-state index in [0.717, 1.165) is 5.56 Å². The highest BCUT2D eigenvalue weighted by Gasteiger charge is 2.17. The molecule has 0 radical (unpaired) electrons. The van der Waals surface area contributed by atoms with Crippen LogP contribution in [0, 0.1) is 6.92 Å². The summed E-state index contributed by atoms with van der Waals surface area (Å²) >= 11 is 5.95. The fourth-order valence-electron chi connectivity index (χ4n) is 1.44. The first-order valence-corrected chi connectivity index (χ1v) is 5.11. The van der Waals surface area contributed by atoms with Gasteiger partial charge >= 0.3 is 0 Å². The molecule has 4 heteroatoms. The van der Waals surface area contributed by atoms with E-state index in [-0.39, 0.29) is 5.78 Å². The van der Waals surface area contributed by atoms with Crippen molar-refractivity contribution >= 4 is 23.1 Å². The summed E-state index contributed by atoms with van der Waals surface area (Å²) in [5, 5.41) is 0.334. The fourth-order valence-corrected chi connectivity index (χ4v) is 1.72. The topological polar surface area (TPSA) is 56.2 Å². The number of nitrogen functional groups attached to an aromatic ring is 1. The Kier molecular flexibility index (Phi) is 2.71. The lowest BCUT2D eigenvalue weighted by Gasteiger charge is -2.03. The Bertz CT molecular complexity index is 546. The molecule has 0 spiro atoms. The van der Waals surface area contributed by atoms with Crippen LogP contribution in [0.1, 0.15) is 21.7 Å². The van der Waals surface area contributed by atoms with Gasteiger partial charge in [-0.1, -0.05) is 11.6 Å². The maximum atomic E-state index is 12.0. The van der Waals surface area contributed by atoms with E-state index in [9.17, 15) is 4.79 Å². The van der Waals surface area contributed by atoms with E-state index in [0.29, 0.717) is 22.0 Å². The molecular formula is C12H10ClNO2. The lowest BCUT2D eigenvalue weighted by molar-refractivity contribution is 0.101. The van der Waals surface area contributed by atoms with Gasteiger partial charge in [0.25, 0.3) is 0 Å². The number of benzene rings is 1. The largest absolute Gasteiger partial charge is 0.461 e. The molecule has 2 aromatic rings. The molecule has 3 nitrogen and oxygen atoms in total. The average Bonchev–Trinajstić information content (AvgIpc) is 2.63. The van der Waals surface area contributed by atoms with Crippen molar-refractivity contribution in [3.05, 3.63) is 52.4 Å². The number of carbonyl (C=O) groups is 1. The number of halogens is 1. The Morgan fingerprint density at radius 2 is 2.12 bits per heavy atom. The predicted molar refractivity (Wildman–Crippen MR) is 62.7 cm³/mol. The van der Waals surface area contributed by atoms with E-state index in [1.807, 2.05) is 6.92 Å². The number of nitrogens with two attached hydrogens (primary N) is 1. The van der Waals surface area contributed by atoms with Crippen LogP contribution in [0.4, 0.5) is 5.69 Å². The average molecular weight is 236 g/mol. The molecule has 0 aliphatic rings. The highest BCUT2D eigenvalue weighted by Crippen LogP contribution is 2.23. The number of anilines is 1. The molecule has 16 heavy (non-hydrogen) atoms. The minimum atomic E-state index is -0.229. The molecule has 1 aromatic carbocycles. The minimum Gasteiger partial charge on any atom is -0.461 e. The summed E-state index contributed by atoms with van der Waals surface area (Å²) < 4.78 is 5.13.